The predicted molar refractivity (Wildman–Crippen MR) is 156 cm³/mol. The number of nitriles is 1. The van der Waals surface area contributed by atoms with Crippen LogP contribution in [0.3, 0.4) is 0 Å². The van der Waals surface area contributed by atoms with Crippen molar-refractivity contribution in [1.82, 2.24) is 4.90 Å². The van der Waals surface area contributed by atoms with Crippen LogP contribution in [0, 0.1) is 11.3 Å². The first-order valence-electron chi connectivity index (χ1n) is 13.6. The van der Waals surface area contributed by atoms with Crippen LogP contribution in [0.5, 0.6) is 5.75 Å². The summed E-state index contributed by atoms with van der Waals surface area (Å²) in [6.45, 7) is 7.26. The molecule has 0 unspecified atom stereocenters. The van der Waals surface area contributed by atoms with Crippen molar-refractivity contribution < 1.29 is 36.6 Å². The number of benzene rings is 2. The van der Waals surface area contributed by atoms with Crippen LogP contribution in [0.1, 0.15) is 51.7 Å². The van der Waals surface area contributed by atoms with Gasteiger partial charge in [0.25, 0.3) is 0 Å². The highest BCUT2D eigenvalue weighted by Crippen LogP contribution is 2.27. The fourth-order valence-corrected chi connectivity index (χ4v) is 5.51. The first kappa shape index (κ1) is 32.4. The third kappa shape index (κ3) is 9.76. The van der Waals surface area contributed by atoms with Crippen molar-refractivity contribution in [2.75, 3.05) is 36.3 Å². The summed E-state index contributed by atoms with van der Waals surface area (Å²) < 4.78 is 58.6. The van der Waals surface area contributed by atoms with Gasteiger partial charge in [-0.25, -0.2) is 17.6 Å². The molecule has 42 heavy (non-hydrogen) atoms. The van der Waals surface area contributed by atoms with E-state index in [1.165, 1.54) is 18.2 Å². The molecule has 2 aromatic rings. The lowest BCUT2D eigenvalue weighted by molar-refractivity contribution is -0.139. The maximum Gasteiger partial charge on any atom is 0.410 e. The number of ether oxygens (including phenoxy) is 3. The van der Waals surface area contributed by atoms with Crippen molar-refractivity contribution in [3.05, 3.63) is 65.5 Å². The van der Waals surface area contributed by atoms with E-state index in [9.17, 15) is 18.0 Å². The molecule has 3 rings (SSSR count). The monoisotopic (exact) mass is 601 g/mol. The van der Waals surface area contributed by atoms with Gasteiger partial charge >= 0.3 is 12.1 Å². The van der Waals surface area contributed by atoms with Gasteiger partial charge in [-0.3, -0.25) is 9.10 Å². The third-order valence-corrected chi connectivity index (χ3v) is 7.71. The van der Waals surface area contributed by atoms with E-state index in [0.29, 0.717) is 42.8 Å². The molecule has 0 atom stereocenters. The number of likely N-dealkylation sites (tertiary alicyclic amines) is 1. The minimum atomic E-state index is -4.33. The summed E-state index contributed by atoms with van der Waals surface area (Å²) >= 11 is 0. The van der Waals surface area contributed by atoms with Gasteiger partial charge in [0.05, 0.1) is 30.5 Å². The van der Waals surface area contributed by atoms with E-state index in [1.807, 2.05) is 26.8 Å². The van der Waals surface area contributed by atoms with E-state index < -0.39 is 39.7 Å². The lowest BCUT2D eigenvalue weighted by Gasteiger charge is -2.33. The fraction of sp³-hybridized carbons (Fsp3) is 0.433. The number of hydrogen-bond acceptors (Lipinski definition) is 8. The maximum atomic E-state index is 15.1. The summed E-state index contributed by atoms with van der Waals surface area (Å²) in [7, 11) is -4.33. The predicted octanol–water partition coefficient (Wildman–Crippen LogP) is 5.05. The Morgan fingerprint density at radius 3 is 2.40 bits per heavy atom. The largest absolute Gasteiger partial charge is 0.490 e. The van der Waals surface area contributed by atoms with Crippen molar-refractivity contribution in [3.63, 3.8) is 0 Å². The van der Waals surface area contributed by atoms with E-state index in [4.69, 9.17) is 19.5 Å². The number of hydrogen-bond donors (Lipinski definition) is 0. The van der Waals surface area contributed by atoms with Crippen LogP contribution in [0.15, 0.2) is 54.4 Å². The molecule has 10 nitrogen and oxygen atoms in total. The Morgan fingerprint density at radius 2 is 1.81 bits per heavy atom. The number of anilines is 1. The van der Waals surface area contributed by atoms with E-state index in [1.54, 1.807) is 42.2 Å². The lowest BCUT2D eigenvalue weighted by Crippen LogP contribution is -2.44. The second-order valence-corrected chi connectivity index (χ2v) is 12.6. The van der Waals surface area contributed by atoms with Gasteiger partial charge in [0.2, 0.25) is 10.0 Å². The standard InChI is InChI=1S/C30H36FN3O7S/c1-5-39-28(35)21-42(37,38)34(20-24(31)18-22-7-6-8-23(17-22)19-32)25-9-11-26(12-10-25)40-27-13-15-33(16-14-27)29(36)41-30(2,3)4/h6-12,17-18,27H,5,13-16,20-21H2,1-4H3/b24-18-. The maximum absolute atomic E-state index is 15.1. The molecule has 0 N–H and O–H groups in total. The smallest absolute Gasteiger partial charge is 0.410 e. The highest BCUT2D eigenvalue weighted by Gasteiger charge is 2.29. The first-order valence-corrected chi connectivity index (χ1v) is 15.2. The zero-order chi connectivity index (χ0) is 30.9. The average Bonchev–Trinajstić information content (AvgIpc) is 2.91. The summed E-state index contributed by atoms with van der Waals surface area (Å²) in [5.74, 6) is -2.24. The highest BCUT2D eigenvalue weighted by atomic mass is 32.2. The molecule has 1 amide bonds. The summed E-state index contributed by atoms with van der Waals surface area (Å²) in [4.78, 5) is 26.0. The number of piperidine rings is 1. The van der Waals surface area contributed by atoms with Gasteiger partial charge in [0.1, 0.15) is 23.3 Å². The van der Waals surface area contributed by atoms with E-state index in [0.717, 1.165) is 10.4 Å². The summed E-state index contributed by atoms with van der Waals surface area (Å²) in [6.07, 6.45) is 1.78. The van der Waals surface area contributed by atoms with Crippen LogP contribution >= 0.6 is 0 Å². The second-order valence-electron chi connectivity index (χ2n) is 10.7. The zero-order valence-corrected chi connectivity index (χ0v) is 25.0. The molecule has 2 aromatic carbocycles. The second kappa shape index (κ2) is 14.2. The Morgan fingerprint density at radius 1 is 1.14 bits per heavy atom. The molecule has 12 heteroatoms. The Balaban J connectivity index is 1.74. The minimum absolute atomic E-state index is 0.000582. The number of carbonyl (C=O) groups is 2. The number of halogens is 1. The molecule has 1 saturated heterocycles. The third-order valence-electron chi connectivity index (χ3n) is 6.10. The summed E-state index contributed by atoms with van der Waals surface area (Å²) in [6, 6.07) is 14.3. The first-order chi connectivity index (χ1) is 19.8. The number of rotatable bonds is 10. The van der Waals surface area contributed by atoms with Crippen molar-refractivity contribution >= 4 is 33.8 Å². The van der Waals surface area contributed by atoms with Crippen LogP contribution in [-0.2, 0) is 24.3 Å². The number of nitrogens with zero attached hydrogens (tertiary/aromatic N) is 3. The SMILES string of the molecule is CCOC(=O)CS(=O)(=O)N(C/C(F)=C/c1cccc(C#N)c1)c1ccc(OC2CCN(C(=O)OC(C)(C)C)CC2)cc1. The molecule has 1 heterocycles. The molecule has 0 aromatic heterocycles. The Labute approximate surface area is 246 Å². The molecule has 0 saturated carbocycles. The fourth-order valence-electron chi connectivity index (χ4n) is 4.21. The van der Waals surface area contributed by atoms with Gasteiger partial charge in [0.15, 0.2) is 5.75 Å². The molecule has 0 spiro atoms. The molecule has 1 aliphatic heterocycles. The number of carbonyl (C=O) groups excluding carboxylic acids is 2. The van der Waals surface area contributed by atoms with E-state index >= 15 is 4.39 Å². The molecule has 0 radical (unpaired) electrons. The van der Waals surface area contributed by atoms with Gasteiger partial charge in [-0.2, -0.15) is 5.26 Å². The van der Waals surface area contributed by atoms with E-state index in [2.05, 4.69) is 0 Å². The Hall–Kier alpha value is -4.11. The molecular weight excluding hydrogens is 565 g/mol. The molecular formula is C30H36FN3O7S. The number of sulfonamides is 1. The summed E-state index contributed by atoms with van der Waals surface area (Å²) in [5.41, 5.74) is 0.260. The van der Waals surface area contributed by atoms with Crippen molar-refractivity contribution in [2.45, 2.75) is 52.2 Å². The van der Waals surface area contributed by atoms with E-state index in [-0.39, 0.29) is 24.5 Å². The van der Waals surface area contributed by atoms with Crippen molar-refractivity contribution in [3.8, 4) is 11.8 Å². The van der Waals surface area contributed by atoms with Crippen molar-refractivity contribution in [2.24, 2.45) is 0 Å². The zero-order valence-electron chi connectivity index (χ0n) is 24.2. The van der Waals surface area contributed by atoms with Crippen LogP contribution in [0.4, 0.5) is 14.9 Å². The topological polar surface area (TPSA) is 126 Å². The molecule has 0 bridgehead atoms. The van der Waals surface area contributed by atoms with Gasteiger partial charge in [-0.15, -0.1) is 0 Å². The lowest BCUT2D eigenvalue weighted by atomic mass is 10.1. The normalized spacial score (nSPS) is 14.6. The van der Waals surface area contributed by atoms with Crippen LogP contribution in [0.2, 0.25) is 0 Å². The number of amides is 1. The quantitative estimate of drug-likeness (QED) is 0.347. The van der Waals surface area contributed by atoms with Crippen LogP contribution < -0.4 is 9.04 Å². The molecule has 1 aliphatic rings. The van der Waals surface area contributed by atoms with Gasteiger partial charge < -0.3 is 19.1 Å². The molecule has 1 fully saturated rings. The average molecular weight is 602 g/mol. The highest BCUT2D eigenvalue weighted by molar-refractivity contribution is 7.93. The molecule has 226 valence electrons. The van der Waals surface area contributed by atoms with Crippen molar-refractivity contribution in [1.29, 1.82) is 5.26 Å². The minimum Gasteiger partial charge on any atom is -0.490 e. The van der Waals surface area contributed by atoms with Crippen LogP contribution in [-0.4, -0.2) is 69.1 Å². The van der Waals surface area contributed by atoms with Crippen LogP contribution in [0.25, 0.3) is 6.08 Å². The van der Waals surface area contributed by atoms with Gasteiger partial charge in [-0.1, -0.05) is 12.1 Å². The van der Waals surface area contributed by atoms with Gasteiger partial charge in [-0.05, 0) is 75.7 Å². The number of esters is 1. The Kier molecular flexibility index (Phi) is 10.9. The Bertz CT molecular complexity index is 1420. The van der Waals surface area contributed by atoms with Gasteiger partial charge in [0, 0.05) is 25.9 Å². The molecule has 0 aliphatic carbocycles. The summed E-state index contributed by atoms with van der Waals surface area (Å²) in [5, 5.41) is 9.09.